The summed E-state index contributed by atoms with van der Waals surface area (Å²) in [4.78, 5) is 2.29. The summed E-state index contributed by atoms with van der Waals surface area (Å²) >= 11 is 0. The lowest BCUT2D eigenvalue weighted by Crippen LogP contribution is -2.29. The van der Waals surface area contributed by atoms with Crippen molar-refractivity contribution in [3.05, 3.63) is 29.8 Å². The molecular formula is C13H19N5. The highest BCUT2D eigenvalue weighted by atomic mass is 15.3. The second-order valence-corrected chi connectivity index (χ2v) is 4.25. The summed E-state index contributed by atoms with van der Waals surface area (Å²) in [7, 11) is 0. The average Bonchev–Trinajstić information content (AvgIpc) is 2.72. The normalized spacial score (nSPS) is 15.4. The molecule has 0 amide bonds. The molecule has 0 aliphatic carbocycles. The number of rotatable bonds is 4. The summed E-state index contributed by atoms with van der Waals surface area (Å²) in [6.07, 6.45) is 0. The number of nitrogens with two attached hydrogens (primary N) is 2. The molecule has 0 saturated heterocycles. The molecule has 0 unspecified atom stereocenters. The number of benzene rings is 1. The van der Waals surface area contributed by atoms with Gasteiger partial charge in [0.05, 0.1) is 0 Å². The van der Waals surface area contributed by atoms with Gasteiger partial charge in [-0.2, -0.15) is 0 Å². The zero-order chi connectivity index (χ0) is 13.1. The molecule has 0 aromatic heterocycles. The van der Waals surface area contributed by atoms with E-state index < -0.39 is 0 Å². The van der Waals surface area contributed by atoms with Gasteiger partial charge in [-0.3, -0.25) is 0 Å². The maximum atomic E-state index is 5.80. The van der Waals surface area contributed by atoms with Gasteiger partial charge in [0.25, 0.3) is 0 Å². The monoisotopic (exact) mass is 245 g/mol. The van der Waals surface area contributed by atoms with E-state index in [1.165, 1.54) is 5.69 Å². The number of anilines is 1. The van der Waals surface area contributed by atoms with Crippen molar-refractivity contribution in [1.82, 2.24) is 0 Å². The summed E-state index contributed by atoms with van der Waals surface area (Å²) in [6, 6.07) is 8.24. The van der Waals surface area contributed by atoms with Crippen LogP contribution in [0.25, 0.3) is 0 Å². The fourth-order valence-electron chi connectivity index (χ4n) is 2.19. The van der Waals surface area contributed by atoms with Gasteiger partial charge in [0.15, 0.2) is 0 Å². The molecule has 96 valence electrons. The van der Waals surface area contributed by atoms with Crippen molar-refractivity contribution in [2.75, 3.05) is 18.0 Å². The molecule has 5 heteroatoms. The summed E-state index contributed by atoms with van der Waals surface area (Å²) in [5.41, 5.74) is 13.8. The Kier molecular flexibility index (Phi) is 3.50. The topological polar surface area (TPSA) is 80.0 Å². The van der Waals surface area contributed by atoms with Crippen molar-refractivity contribution >= 4 is 17.4 Å². The van der Waals surface area contributed by atoms with Gasteiger partial charge in [0, 0.05) is 18.8 Å². The van der Waals surface area contributed by atoms with Gasteiger partial charge in [-0.05, 0) is 31.5 Å². The minimum atomic E-state index is -0.171. The van der Waals surface area contributed by atoms with Gasteiger partial charge < -0.3 is 16.4 Å². The highest BCUT2D eigenvalue weighted by molar-refractivity contribution is 6.11. The van der Waals surface area contributed by atoms with Gasteiger partial charge in [-0.1, -0.05) is 12.1 Å². The molecule has 4 N–H and O–H groups in total. The molecule has 0 saturated carbocycles. The Labute approximate surface area is 107 Å². The van der Waals surface area contributed by atoms with Crippen LogP contribution < -0.4 is 16.4 Å². The van der Waals surface area contributed by atoms with Crippen molar-refractivity contribution in [3.63, 3.8) is 0 Å². The van der Waals surface area contributed by atoms with Gasteiger partial charge in [0.1, 0.15) is 17.6 Å². The van der Waals surface area contributed by atoms with Gasteiger partial charge >= 0.3 is 0 Å². The predicted molar refractivity (Wildman–Crippen MR) is 76.0 cm³/mol. The van der Waals surface area contributed by atoms with Crippen LogP contribution in [-0.4, -0.2) is 24.8 Å². The first-order valence-corrected chi connectivity index (χ1v) is 6.18. The van der Waals surface area contributed by atoms with E-state index in [1.807, 2.05) is 12.1 Å². The molecule has 2 rings (SSSR count). The average molecular weight is 245 g/mol. The number of hydrogen-bond acceptors (Lipinski definition) is 5. The Morgan fingerprint density at radius 1 is 1.00 bits per heavy atom. The first-order chi connectivity index (χ1) is 8.67. The standard InChI is InChI=1S/C13H19N5/c1-3-18(4-2)10-7-5-9(6-8-10)11-12(14)16-17-13(11)15/h5-8,11H,3-4H2,1-2H3,(H2,14,16)(H2,15,17). The molecule has 18 heavy (non-hydrogen) atoms. The van der Waals surface area contributed by atoms with Crippen LogP contribution in [0.3, 0.4) is 0 Å². The van der Waals surface area contributed by atoms with E-state index in [-0.39, 0.29) is 5.92 Å². The molecule has 1 heterocycles. The molecular weight excluding hydrogens is 226 g/mol. The third kappa shape index (κ3) is 2.16. The van der Waals surface area contributed by atoms with E-state index >= 15 is 0 Å². The number of hydrogen-bond donors (Lipinski definition) is 2. The van der Waals surface area contributed by atoms with E-state index in [4.69, 9.17) is 11.5 Å². The van der Waals surface area contributed by atoms with Crippen LogP contribution in [0, 0.1) is 0 Å². The molecule has 0 spiro atoms. The zero-order valence-corrected chi connectivity index (χ0v) is 10.8. The fraction of sp³-hybridized carbons (Fsp3) is 0.385. The smallest absolute Gasteiger partial charge is 0.137 e. The lowest BCUT2D eigenvalue weighted by Gasteiger charge is -2.21. The third-order valence-corrected chi connectivity index (χ3v) is 3.23. The van der Waals surface area contributed by atoms with Gasteiger partial charge in [0.2, 0.25) is 0 Å². The molecule has 1 aliphatic rings. The summed E-state index contributed by atoms with van der Waals surface area (Å²) in [5.74, 6) is 0.752. The molecule has 1 aliphatic heterocycles. The van der Waals surface area contributed by atoms with Crippen molar-refractivity contribution in [2.45, 2.75) is 19.8 Å². The van der Waals surface area contributed by atoms with Crippen LogP contribution >= 0.6 is 0 Å². The fourth-order valence-corrected chi connectivity index (χ4v) is 2.19. The third-order valence-electron chi connectivity index (χ3n) is 3.23. The maximum Gasteiger partial charge on any atom is 0.137 e. The molecule has 1 aromatic rings. The minimum absolute atomic E-state index is 0.171. The SMILES string of the molecule is CCN(CC)c1ccc(C2C(N)=NN=C2N)cc1. The van der Waals surface area contributed by atoms with Crippen molar-refractivity contribution < 1.29 is 0 Å². The molecule has 0 fully saturated rings. The zero-order valence-electron chi connectivity index (χ0n) is 10.8. The maximum absolute atomic E-state index is 5.80. The molecule has 5 nitrogen and oxygen atoms in total. The van der Waals surface area contributed by atoms with Crippen molar-refractivity contribution in [3.8, 4) is 0 Å². The second kappa shape index (κ2) is 5.08. The van der Waals surface area contributed by atoms with Crippen LogP contribution in [-0.2, 0) is 0 Å². The number of amidine groups is 2. The minimum Gasteiger partial charge on any atom is -0.385 e. The molecule has 1 aromatic carbocycles. The summed E-state index contributed by atoms with van der Waals surface area (Å²) < 4.78 is 0. The number of nitrogens with zero attached hydrogens (tertiary/aromatic N) is 3. The van der Waals surface area contributed by atoms with E-state index in [2.05, 4.69) is 41.1 Å². The quantitative estimate of drug-likeness (QED) is 0.838. The van der Waals surface area contributed by atoms with Crippen LogP contribution in [0.5, 0.6) is 0 Å². The largest absolute Gasteiger partial charge is 0.385 e. The molecule has 0 bridgehead atoms. The predicted octanol–water partition coefficient (Wildman–Crippen LogP) is 1.26. The van der Waals surface area contributed by atoms with Gasteiger partial charge in [-0.15, -0.1) is 10.2 Å². The van der Waals surface area contributed by atoms with Crippen LogP contribution in [0.2, 0.25) is 0 Å². The van der Waals surface area contributed by atoms with Crippen molar-refractivity contribution in [1.29, 1.82) is 0 Å². The first-order valence-electron chi connectivity index (χ1n) is 6.18. The van der Waals surface area contributed by atoms with E-state index in [0.717, 1.165) is 18.7 Å². The lowest BCUT2D eigenvalue weighted by molar-refractivity contribution is 0.866. The summed E-state index contributed by atoms with van der Waals surface area (Å²) in [6.45, 7) is 6.27. The second-order valence-electron chi connectivity index (χ2n) is 4.25. The Morgan fingerprint density at radius 3 is 1.94 bits per heavy atom. The molecule has 0 atom stereocenters. The van der Waals surface area contributed by atoms with E-state index in [9.17, 15) is 0 Å². The summed E-state index contributed by atoms with van der Waals surface area (Å²) in [5, 5.41) is 7.62. The lowest BCUT2D eigenvalue weighted by atomic mass is 9.97. The van der Waals surface area contributed by atoms with Crippen LogP contribution in [0.4, 0.5) is 5.69 Å². The van der Waals surface area contributed by atoms with Crippen molar-refractivity contribution in [2.24, 2.45) is 21.7 Å². The van der Waals surface area contributed by atoms with Gasteiger partial charge in [-0.25, -0.2) is 0 Å². The van der Waals surface area contributed by atoms with E-state index in [0.29, 0.717) is 11.7 Å². The first kappa shape index (κ1) is 12.4. The Hall–Kier alpha value is -2.04. The van der Waals surface area contributed by atoms with Crippen LogP contribution in [0.15, 0.2) is 34.5 Å². The highest BCUT2D eigenvalue weighted by Gasteiger charge is 2.24. The Bertz CT molecular complexity index is 453. The van der Waals surface area contributed by atoms with Crippen LogP contribution in [0.1, 0.15) is 25.3 Å². The van der Waals surface area contributed by atoms with E-state index in [1.54, 1.807) is 0 Å². The molecule has 0 radical (unpaired) electrons. The Morgan fingerprint density at radius 2 is 1.50 bits per heavy atom. The highest BCUT2D eigenvalue weighted by Crippen LogP contribution is 2.23. The Balaban J connectivity index is 2.23.